The van der Waals surface area contributed by atoms with Crippen molar-refractivity contribution in [3.8, 4) is 0 Å². The maximum atomic E-state index is 12.5. The molecule has 5 nitrogen and oxygen atoms in total. The number of piperazine rings is 1. The monoisotopic (exact) mass is 364 g/mol. The number of hydrogen-bond donors (Lipinski definition) is 0. The number of benzene rings is 2. The Balaban J connectivity index is 1.31. The molecular formula is C20H20N4OS. The van der Waals surface area contributed by atoms with E-state index in [9.17, 15) is 4.79 Å². The number of hydrogen-bond acceptors (Lipinski definition) is 5. The predicted octanol–water partition coefficient (Wildman–Crippen LogP) is 3.07. The molecule has 1 amide bonds. The number of carbonyl (C=O) groups is 1. The highest BCUT2D eigenvalue weighted by Crippen LogP contribution is 2.24. The van der Waals surface area contributed by atoms with Crippen LogP contribution in [0.3, 0.4) is 0 Å². The van der Waals surface area contributed by atoms with Crippen molar-refractivity contribution >= 4 is 34.4 Å². The van der Waals surface area contributed by atoms with Crippen molar-refractivity contribution in [2.24, 2.45) is 0 Å². The van der Waals surface area contributed by atoms with E-state index in [-0.39, 0.29) is 5.91 Å². The molecule has 1 aliphatic heterocycles. The molecular weight excluding hydrogens is 344 g/mol. The van der Waals surface area contributed by atoms with Gasteiger partial charge in [-0.3, -0.25) is 4.79 Å². The van der Waals surface area contributed by atoms with Crippen LogP contribution in [0.2, 0.25) is 0 Å². The Hall–Kier alpha value is -2.60. The molecule has 0 unspecified atom stereocenters. The molecule has 1 saturated heterocycles. The fraction of sp³-hybridized carbons (Fsp3) is 0.250. The summed E-state index contributed by atoms with van der Waals surface area (Å²) >= 11 is 1.60. The van der Waals surface area contributed by atoms with Crippen LogP contribution in [0.1, 0.15) is 0 Å². The van der Waals surface area contributed by atoms with Crippen LogP contribution in [-0.2, 0) is 4.79 Å². The van der Waals surface area contributed by atoms with Gasteiger partial charge < -0.3 is 9.80 Å². The largest absolute Gasteiger partial charge is 0.338 e. The number of aromatic nitrogens is 2. The Morgan fingerprint density at radius 3 is 2.42 bits per heavy atom. The number of nitrogens with zero attached hydrogens (tertiary/aromatic N) is 4. The summed E-state index contributed by atoms with van der Waals surface area (Å²) in [6.07, 6.45) is 3.50. The normalized spacial score (nSPS) is 14.6. The molecule has 0 bridgehead atoms. The van der Waals surface area contributed by atoms with Crippen LogP contribution in [0.15, 0.2) is 65.8 Å². The van der Waals surface area contributed by atoms with Crippen molar-refractivity contribution in [3.05, 3.63) is 60.9 Å². The van der Waals surface area contributed by atoms with Gasteiger partial charge in [0.1, 0.15) is 0 Å². The van der Waals surface area contributed by atoms with E-state index >= 15 is 0 Å². The van der Waals surface area contributed by atoms with Crippen molar-refractivity contribution < 1.29 is 4.79 Å². The second-order valence-electron chi connectivity index (χ2n) is 6.21. The minimum Gasteiger partial charge on any atom is -0.338 e. The number of anilines is 1. The van der Waals surface area contributed by atoms with Gasteiger partial charge >= 0.3 is 0 Å². The van der Waals surface area contributed by atoms with E-state index in [1.165, 1.54) is 10.8 Å². The van der Waals surface area contributed by atoms with Gasteiger partial charge in [-0.1, -0.05) is 30.3 Å². The zero-order valence-electron chi connectivity index (χ0n) is 14.4. The molecule has 2 aromatic carbocycles. The van der Waals surface area contributed by atoms with Gasteiger partial charge in [0, 0.05) is 43.5 Å². The third-order valence-electron chi connectivity index (χ3n) is 4.55. The topological polar surface area (TPSA) is 49.3 Å². The first-order valence-electron chi connectivity index (χ1n) is 8.71. The summed E-state index contributed by atoms with van der Waals surface area (Å²) in [5, 5.41) is 2.43. The number of thioether (sulfide) groups is 1. The smallest absolute Gasteiger partial charge is 0.233 e. The molecule has 2 heterocycles. The van der Waals surface area contributed by atoms with E-state index in [4.69, 9.17) is 0 Å². The van der Waals surface area contributed by atoms with Gasteiger partial charge in [0.25, 0.3) is 0 Å². The van der Waals surface area contributed by atoms with Gasteiger partial charge in [-0.05, 0) is 29.0 Å². The van der Waals surface area contributed by atoms with Crippen LogP contribution in [0.5, 0.6) is 0 Å². The Bertz CT molecular complexity index is 894. The summed E-state index contributed by atoms with van der Waals surface area (Å²) in [6.45, 7) is 2.98. The highest BCUT2D eigenvalue weighted by atomic mass is 32.2. The Kier molecular flexibility index (Phi) is 5.02. The molecule has 1 aliphatic rings. The van der Waals surface area contributed by atoms with Crippen molar-refractivity contribution in [2.45, 2.75) is 4.90 Å². The Labute approximate surface area is 157 Å². The van der Waals surface area contributed by atoms with Gasteiger partial charge in [0.2, 0.25) is 11.9 Å². The van der Waals surface area contributed by atoms with Gasteiger partial charge in [0.15, 0.2) is 0 Å². The van der Waals surface area contributed by atoms with E-state index < -0.39 is 0 Å². The van der Waals surface area contributed by atoms with Crippen molar-refractivity contribution in [3.63, 3.8) is 0 Å². The van der Waals surface area contributed by atoms with Gasteiger partial charge in [-0.25, -0.2) is 9.97 Å². The number of carbonyl (C=O) groups excluding carboxylic acids is 1. The summed E-state index contributed by atoms with van der Waals surface area (Å²) in [7, 11) is 0. The first-order valence-corrected chi connectivity index (χ1v) is 9.69. The van der Waals surface area contributed by atoms with Crippen LogP contribution >= 0.6 is 11.8 Å². The summed E-state index contributed by atoms with van der Waals surface area (Å²) in [4.78, 5) is 26.3. The zero-order valence-corrected chi connectivity index (χ0v) is 15.2. The molecule has 6 heteroatoms. The SMILES string of the molecule is O=C(CSc1ccc2ccccc2c1)N1CCN(c2ncccn2)CC1. The summed E-state index contributed by atoms with van der Waals surface area (Å²) < 4.78 is 0. The summed E-state index contributed by atoms with van der Waals surface area (Å²) in [5.74, 6) is 1.40. The predicted molar refractivity (Wildman–Crippen MR) is 105 cm³/mol. The minimum absolute atomic E-state index is 0.191. The molecule has 26 heavy (non-hydrogen) atoms. The lowest BCUT2D eigenvalue weighted by atomic mass is 10.1. The van der Waals surface area contributed by atoms with E-state index in [2.05, 4.69) is 45.2 Å². The molecule has 1 aromatic heterocycles. The maximum Gasteiger partial charge on any atom is 0.233 e. The molecule has 1 fully saturated rings. The fourth-order valence-corrected chi connectivity index (χ4v) is 3.95. The Morgan fingerprint density at radius 2 is 1.65 bits per heavy atom. The molecule has 4 rings (SSSR count). The molecule has 0 spiro atoms. The van der Waals surface area contributed by atoms with Crippen LogP contribution < -0.4 is 4.90 Å². The lowest BCUT2D eigenvalue weighted by Gasteiger charge is -2.34. The van der Waals surface area contributed by atoms with Crippen molar-refractivity contribution in [2.75, 3.05) is 36.8 Å². The van der Waals surface area contributed by atoms with E-state index in [0.29, 0.717) is 5.75 Å². The molecule has 0 atom stereocenters. The third kappa shape index (κ3) is 3.80. The second-order valence-corrected chi connectivity index (χ2v) is 7.26. The molecule has 0 N–H and O–H groups in total. The number of fused-ring (bicyclic) bond motifs is 1. The van der Waals surface area contributed by atoms with Gasteiger partial charge in [0.05, 0.1) is 5.75 Å². The molecule has 3 aromatic rings. The lowest BCUT2D eigenvalue weighted by molar-refractivity contribution is -0.128. The molecule has 132 valence electrons. The highest BCUT2D eigenvalue weighted by Gasteiger charge is 2.22. The Morgan fingerprint density at radius 1 is 0.923 bits per heavy atom. The van der Waals surface area contributed by atoms with E-state index in [1.54, 1.807) is 24.2 Å². The standard InChI is InChI=1S/C20H20N4OS/c25-19(15-26-18-7-6-16-4-1-2-5-17(16)14-18)23-10-12-24(13-11-23)20-21-8-3-9-22-20/h1-9,14H,10-13,15H2. The third-order valence-corrected chi connectivity index (χ3v) is 5.53. The molecule has 0 saturated carbocycles. The number of amides is 1. The second kappa shape index (κ2) is 7.74. The van der Waals surface area contributed by atoms with Crippen molar-refractivity contribution in [1.29, 1.82) is 0 Å². The quantitative estimate of drug-likeness (QED) is 0.666. The van der Waals surface area contributed by atoms with Gasteiger partial charge in [-0.15, -0.1) is 11.8 Å². The summed E-state index contributed by atoms with van der Waals surface area (Å²) in [6, 6.07) is 16.4. The minimum atomic E-state index is 0.191. The van der Waals surface area contributed by atoms with Gasteiger partial charge in [-0.2, -0.15) is 0 Å². The number of rotatable bonds is 4. The molecule has 0 radical (unpaired) electrons. The van der Waals surface area contributed by atoms with Crippen LogP contribution in [0.4, 0.5) is 5.95 Å². The molecule has 0 aliphatic carbocycles. The highest BCUT2D eigenvalue weighted by molar-refractivity contribution is 8.00. The van der Waals surface area contributed by atoms with Crippen LogP contribution in [0.25, 0.3) is 10.8 Å². The van der Waals surface area contributed by atoms with Crippen LogP contribution in [-0.4, -0.2) is 52.7 Å². The van der Waals surface area contributed by atoms with Crippen molar-refractivity contribution in [1.82, 2.24) is 14.9 Å². The fourth-order valence-electron chi connectivity index (χ4n) is 3.10. The first-order chi connectivity index (χ1) is 12.8. The zero-order chi connectivity index (χ0) is 17.8. The van der Waals surface area contributed by atoms with E-state index in [1.807, 2.05) is 23.1 Å². The average molecular weight is 364 g/mol. The maximum absolute atomic E-state index is 12.5. The average Bonchev–Trinajstić information content (AvgIpc) is 2.72. The first kappa shape index (κ1) is 16.8. The van der Waals surface area contributed by atoms with Crippen LogP contribution in [0, 0.1) is 0 Å². The lowest BCUT2D eigenvalue weighted by Crippen LogP contribution is -2.49. The summed E-state index contributed by atoms with van der Waals surface area (Å²) in [5.41, 5.74) is 0. The van der Waals surface area contributed by atoms with E-state index in [0.717, 1.165) is 37.0 Å².